The Morgan fingerprint density at radius 1 is 1.29 bits per heavy atom. The summed E-state index contributed by atoms with van der Waals surface area (Å²) < 4.78 is 4.69. The molecule has 1 fully saturated rings. The second kappa shape index (κ2) is 6.63. The highest BCUT2D eigenvalue weighted by Gasteiger charge is 2.39. The predicted octanol–water partition coefficient (Wildman–Crippen LogP) is 1.72. The van der Waals surface area contributed by atoms with E-state index in [1.807, 2.05) is 32.0 Å². The molecule has 1 aromatic carbocycles. The number of carbonyl (C=O) groups excluding carboxylic acids is 3. The third-order valence-corrected chi connectivity index (χ3v) is 4.49. The van der Waals surface area contributed by atoms with Gasteiger partial charge in [-0.2, -0.15) is 0 Å². The zero-order chi connectivity index (χ0) is 18.1. The van der Waals surface area contributed by atoms with Crippen LogP contribution in [0.15, 0.2) is 18.2 Å². The number of ether oxygens (including phenoxy) is 1. The lowest BCUT2D eigenvalue weighted by Crippen LogP contribution is -2.52. The Bertz CT molecular complexity index is 682. The number of methoxy groups -OCH3 is 1. The van der Waals surface area contributed by atoms with Gasteiger partial charge in [0, 0.05) is 18.7 Å². The molecule has 24 heavy (non-hydrogen) atoms. The number of benzene rings is 1. The summed E-state index contributed by atoms with van der Waals surface area (Å²) in [4.78, 5) is 38.2. The molecule has 2 rings (SSSR count). The van der Waals surface area contributed by atoms with Gasteiger partial charge in [-0.25, -0.2) is 4.79 Å². The van der Waals surface area contributed by atoms with Gasteiger partial charge in [-0.3, -0.25) is 9.59 Å². The van der Waals surface area contributed by atoms with Gasteiger partial charge in [-0.05, 0) is 44.9 Å². The van der Waals surface area contributed by atoms with Crippen molar-refractivity contribution in [2.75, 3.05) is 18.6 Å². The van der Waals surface area contributed by atoms with E-state index in [1.54, 1.807) is 18.7 Å². The monoisotopic (exact) mass is 332 g/mol. The van der Waals surface area contributed by atoms with Gasteiger partial charge >= 0.3 is 5.97 Å². The van der Waals surface area contributed by atoms with Crippen LogP contribution in [0, 0.1) is 19.8 Å². The molecule has 0 aliphatic carbocycles. The first-order valence-corrected chi connectivity index (χ1v) is 7.94. The smallest absolute Gasteiger partial charge is 0.330 e. The molecule has 6 heteroatoms. The fraction of sp³-hybridized carbons (Fsp3) is 0.500. The quantitative estimate of drug-likeness (QED) is 0.852. The van der Waals surface area contributed by atoms with E-state index in [1.165, 1.54) is 7.11 Å². The standard InChI is InChI=1S/C18H24N2O4/c1-11-7-6-8-14(12(11)2)20-10-13(9-15(20)21)16(22)19-18(3,4)17(23)24-5/h6-8,13H,9-10H2,1-5H3,(H,19,22)/t13-/m0/s1. The van der Waals surface area contributed by atoms with Crippen molar-refractivity contribution in [1.82, 2.24) is 5.32 Å². The number of nitrogens with one attached hydrogen (secondary N) is 1. The molecule has 1 N–H and O–H groups in total. The highest BCUT2D eigenvalue weighted by molar-refractivity contribution is 6.01. The molecule has 1 heterocycles. The summed E-state index contributed by atoms with van der Waals surface area (Å²) in [6, 6.07) is 5.78. The molecule has 1 saturated heterocycles. The average Bonchev–Trinajstić information content (AvgIpc) is 2.90. The molecular formula is C18H24N2O4. The van der Waals surface area contributed by atoms with Gasteiger partial charge in [0.2, 0.25) is 11.8 Å². The molecule has 1 atom stereocenters. The number of anilines is 1. The fourth-order valence-electron chi connectivity index (χ4n) is 2.86. The summed E-state index contributed by atoms with van der Waals surface area (Å²) in [5.74, 6) is -1.40. The Kier molecular flexibility index (Phi) is 4.96. The molecule has 0 spiro atoms. The van der Waals surface area contributed by atoms with Gasteiger partial charge in [0.25, 0.3) is 0 Å². The van der Waals surface area contributed by atoms with Crippen molar-refractivity contribution in [1.29, 1.82) is 0 Å². The number of esters is 1. The normalized spacial score (nSPS) is 17.8. The molecular weight excluding hydrogens is 308 g/mol. The number of nitrogens with zero attached hydrogens (tertiary/aromatic N) is 1. The molecule has 2 amide bonds. The van der Waals surface area contributed by atoms with E-state index in [0.29, 0.717) is 6.54 Å². The van der Waals surface area contributed by atoms with Crippen molar-refractivity contribution in [2.24, 2.45) is 5.92 Å². The molecule has 6 nitrogen and oxygen atoms in total. The van der Waals surface area contributed by atoms with E-state index in [2.05, 4.69) is 10.1 Å². The van der Waals surface area contributed by atoms with Gasteiger partial charge in [0.1, 0.15) is 5.54 Å². The van der Waals surface area contributed by atoms with Crippen LogP contribution in [-0.2, 0) is 19.1 Å². The molecule has 130 valence electrons. The highest BCUT2D eigenvalue weighted by Crippen LogP contribution is 2.29. The lowest BCUT2D eigenvalue weighted by molar-refractivity contribution is -0.149. The molecule has 1 aliphatic rings. The summed E-state index contributed by atoms with van der Waals surface area (Å²) in [6.07, 6.45) is 0.135. The van der Waals surface area contributed by atoms with Gasteiger partial charge in [0.05, 0.1) is 13.0 Å². The lowest BCUT2D eigenvalue weighted by Gasteiger charge is -2.25. The number of hydrogen-bond acceptors (Lipinski definition) is 4. The number of rotatable bonds is 4. The second-order valence-electron chi connectivity index (χ2n) is 6.73. The first-order chi connectivity index (χ1) is 11.2. The van der Waals surface area contributed by atoms with Crippen molar-refractivity contribution in [3.8, 4) is 0 Å². The summed E-state index contributed by atoms with van der Waals surface area (Å²) in [6.45, 7) is 7.42. The van der Waals surface area contributed by atoms with E-state index in [0.717, 1.165) is 16.8 Å². The molecule has 0 unspecified atom stereocenters. The first kappa shape index (κ1) is 18.0. The van der Waals surface area contributed by atoms with Gasteiger partial charge < -0.3 is 15.0 Å². The fourth-order valence-corrected chi connectivity index (χ4v) is 2.86. The van der Waals surface area contributed by atoms with Crippen LogP contribution in [0.4, 0.5) is 5.69 Å². The van der Waals surface area contributed by atoms with E-state index in [9.17, 15) is 14.4 Å². The minimum Gasteiger partial charge on any atom is -0.467 e. The number of aryl methyl sites for hydroxylation is 1. The summed E-state index contributed by atoms with van der Waals surface area (Å²) in [7, 11) is 1.28. The number of amides is 2. The van der Waals surface area contributed by atoms with Crippen LogP contribution < -0.4 is 10.2 Å². The van der Waals surface area contributed by atoms with E-state index < -0.39 is 17.4 Å². The number of hydrogen-bond donors (Lipinski definition) is 1. The largest absolute Gasteiger partial charge is 0.467 e. The molecule has 0 bridgehead atoms. The van der Waals surface area contributed by atoms with Crippen molar-refractivity contribution in [2.45, 2.75) is 39.7 Å². The maximum Gasteiger partial charge on any atom is 0.330 e. The Morgan fingerprint density at radius 3 is 2.58 bits per heavy atom. The van der Waals surface area contributed by atoms with Crippen molar-refractivity contribution >= 4 is 23.5 Å². The topological polar surface area (TPSA) is 75.7 Å². The van der Waals surface area contributed by atoms with Gasteiger partial charge in [0.15, 0.2) is 0 Å². The molecule has 1 aliphatic heterocycles. The Hall–Kier alpha value is -2.37. The summed E-state index contributed by atoms with van der Waals surface area (Å²) in [5.41, 5.74) is 1.84. The van der Waals surface area contributed by atoms with Gasteiger partial charge in [-0.1, -0.05) is 12.1 Å². The van der Waals surface area contributed by atoms with Crippen molar-refractivity contribution in [3.63, 3.8) is 0 Å². The minimum atomic E-state index is -1.12. The SMILES string of the molecule is COC(=O)C(C)(C)NC(=O)[C@H]1CC(=O)N(c2cccc(C)c2C)C1. The minimum absolute atomic E-state index is 0.0836. The Morgan fingerprint density at radius 2 is 1.96 bits per heavy atom. The van der Waals surface area contributed by atoms with Crippen molar-refractivity contribution < 1.29 is 19.1 Å². The zero-order valence-electron chi connectivity index (χ0n) is 14.8. The van der Waals surface area contributed by atoms with E-state index in [-0.39, 0.29) is 18.2 Å². The Labute approximate surface area is 142 Å². The third kappa shape index (κ3) is 3.42. The molecule has 0 aromatic heterocycles. The maximum absolute atomic E-state index is 12.5. The molecule has 1 aromatic rings. The Balaban J connectivity index is 2.13. The predicted molar refractivity (Wildman–Crippen MR) is 90.6 cm³/mol. The van der Waals surface area contributed by atoms with Crippen LogP contribution in [0.2, 0.25) is 0 Å². The summed E-state index contributed by atoms with van der Waals surface area (Å²) in [5, 5.41) is 2.68. The highest BCUT2D eigenvalue weighted by atomic mass is 16.5. The molecule has 0 saturated carbocycles. The maximum atomic E-state index is 12.5. The van der Waals surface area contributed by atoms with Crippen LogP contribution in [0.3, 0.4) is 0 Å². The molecule has 0 radical (unpaired) electrons. The second-order valence-corrected chi connectivity index (χ2v) is 6.73. The van der Waals surface area contributed by atoms with Crippen LogP contribution in [0.1, 0.15) is 31.4 Å². The van der Waals surface area contributed by atoms with Crippen LogP contribution >= 0.6 is 0 Å². The number of carbonyl (C=O) groups is 3. The lowest BCUT2D eigenvalue weighted by atomic mass is 10.0. The van der Waals surface area contributed by atoms with E-state index in [4.69, 9.17) is 0 Å². The van der Waals surface area contributed by atoms with E-state index >= 15 is 0 Å². The van der Waals surface area contributed by atoms with Crippen LogP contribution in [0.5, 0.6) is 0 Å². The third-order valence-electron chi connectivity index (χ3n) is 4.49. The van der Waals surface area contributed by atoms with Crippen LogP contribution in [0.25, 0.3) is 0 Å². The van der Waals surface area contributed by atoms with Gasteiger partial charge in [-0.15, -0.1) is 0 Å². The first-order valence-electron chi connectivity index (χ1n) is 7.94. The van der Waals surface area contributed by atoms with Crippen molar-refractivity contribution in [3.05, 3.63) is 29.3 Å². The average molecular weight is 332 g/mol. The summed E-state index contributed by atoms with van der Waals surface area (Å²) >= 11 is 0. The zero-order valence-corrected chi connectivity index (χ0v) is 14.8. The van der Waals surface area contributed by atoms with Crippen LogP contribution in [-0.4, -0.2) is 37.0 Å².